The van der Waals surface area contributed by atoms with Crippen LogP contribution in [-0.4, -0.2) is 31.6 Å². The minimum absolute atomic E-state index is 0.00458. The van der Waals surface area contributed by atoms with Crippen molar-refractivity contribution in [3.63, 3.8) is 0 Å². The third-order valence-corrected chi connectivity index (χ3v) is 4.66. The fourth-order valence-electron chi connectivity index (χ4n) is 3.15. The van der Waals surface area contributed by atoms with E-state index in [9.17, 15) is 4.79 Å². The van der Waals surface area contributed by atoms with Crippen molar-refractivity contribution in [3.05, 3.63) is 41.5 Å². The summed E-state index contributed by atoms with van der Waals surface area (Å²) in [4.78, 5) is 13.5. The number of aryl methyl sites for hydroxylation is 1. The van der Waals surface area contributed by atoms with E-state index in [0.29, 0.717) is 0 Å². The Morgan fingerprint density at radius 3 is 2.95 bits per heavy atom. The number of carbonyl (C=O) groups is 1. The maximum absolute atomic E-state index is 11.8. The number of hydrogen-bond acceptors (Lipinski definition) is 1. The second-order valence-corrected chi connectivity index (χ2v) is 6.39. The van der Waals surface area contributed by atoms with E-state index in [1.807, 2.05) is 24.3 Å². The minimum Gasteiger partial charge on any atom is -0.352 e. The number of nitrogens with one attached hydrogen (secondary N) is 2. The molecule has 0 aromatic heterocycles. The Hall–Kier alpha value is -1.61. The van der Waals surface area contributed by atoms with Gasteiger partial charge in [0.2, 0.25) is 5.91 Å². The lowest BCUT2D eigenvalue weighted by Gasteiger charge is -2.30. The standard InChI is InChI=1S/C19H28N2O/c1-16-8-3-4-10-18(16)11-12-19(22)20-13-7-15-21-14-6-5-9-17(21)2/h3-4,8,10-12,17H,5-7,9,13-15H2,1-2H3,(H,20,22)/p+1/b12-11+/t17-/m1/s1. The quantitative estimate of drug-likeness (QED) is 0.611. The van der Waals surface area contributed by atoms with Crippen molar-refractivity contribution in [2.75, 3.05) is 19.6 Å². The van der Waals surface area contributed by atoms with Crippen LogP contribution in [0, 0.1) is 6.92 Å². The highest BCUT2D eigenvalue weighted by Gasteiger charge is 2.20. The zero-order valence-corrected chi connectivity index (χ0v) is 13.9. The molecule has 1 unspecified atom stereocenters. The van der Waals surface area contributed by atoms with E-state index < -0.39 is 0 Å². The van der Waals surface area contributed by atoms with Gasteiger partial charge in [-0.3, -0.25) is 4.79 Å². The van der Waals surface area contributed by atoms with E-state index in [4.69, 9.17) is 0 Å². The average Bonchev–Trinajstić information content (AvgIpc) is 2.52. The molecule has 1 aromatic carbocycles. The lowest BCUT2D eigenvalue weighted by molar-refractivity contribution is -0.928. The number of hydrogen-bond donors (Lipinski definition) is 2. The fraction of sp³-hybridized carbons (Fsp3) is 0.526. The molecule has 1 saturated heterocycles. The van der Waals surface area contributed by atoms with Crippen LogP contribution in [0.5, 0.6) is 0 Å². The molecule has 2 rings (SSSR count). The Kier molecular flexibility index (Phi) is 6.66. The summed E-state index contributed by atoms with van der Waals surface area (Å²) in [5, 5.41) is 2.99. The first-order chi connectivity index (χ1) is 10.7. The summed E-state index contributed by atoms with van der Waals surface area (Å²) in [7, 11) is 0. The smallest absolute Gasteiger partial charge is 0.244 e. The van der Waals surface area contributed by atoms with Crippen LogP contribution in [0.15, 0.2) is 30.3 Å². The van der Waals surface area contributed by atoms with Crippen LogP contribution in [-0.2, 0) is 4.79 Å². The number of amides is 1. The van der Waals surface area contributed by atoms with Crippen LogP contribution in [0.1, 0.15) is 43.7 Å². The largest absolute Gasteiger partial charge is 0.352 e. The lowest BCUT2D eigenvalue weighted by Crippen LogP contribution is -3.16. The Morgan fingerprint density at radius 1 is 1.36 bits per heavy atom. The predicted octanol–water partition coefficient (Wildman–Crippen LogP) is 1.97. The monoisotopic (exact) mass is 301 g/mol. The van der Waals surface area contributed by atoms with E-state index in [2.05, 4.69) is 25.2 Å². The van der Waals surface area contributed by atoms with E-state index in [-0.39, 0.29) is 5.91 Å². The summed E-state index contributed by atoms with van der Waals surface area (Å²) in [6.45, 7) is 7.64. The molecule has 22 heavy (non-hydrogen) atoms. The molecule has 1 aliphatic rings. The summed E-state index contributed by atoms with van der Waals surface area (Å²) in [6, 6.07) is 8.87. The van der Waals surface area contributed by atoms with Crippen molar-refractivity contribution in [1.29, 1.82) is 0 Å². The molecule has 0 radical (unpaired) electrons. The average molecular weight is 301 g/mol. The number of rotatable bonds is 6. The van der Waals surface area contributed by atoms with Crippen LogP contribution < -0.4 is 10.2 Å². The minimum atomic E-state index is 0.00458. The molecular weight excluding hydrogens is 272 g/mol. The Labute approximate surface area is 134 Å². The van der Waals surface area contributed by atoms with E-state index >= 15 is 0 Å². The third-order valence-electron chi connectivity index (χ3n) is 4.66. The normalized spacial score (nSPS) is 21.9. The summed E-state index contributed by atoms with van der Waals surface area (Å²) in [6.07, 6.45) is 8.67. The van der Waals surface area contributed by atoms with Gasteiger partial charge in [-0.2, -0.15) is 0 Å². The van der Waals surface area contributed by atoms with Gasteiger partial charge in [-0.1, -0.05) is 24.3 Å². The summed E-state index contributed by atoms with van der Waals surface area (Å²) in [5.74, 6) is 0.00458. The number of benzene rings is 1. The number of likely N-dealkylation sites (tertiary alicyclic amines) is 1. The molecule has 1 aliphatic heterocycles. The predicted molar refractivity (Wildman–Crippen MR) is 91.8 cm³/mol. The Bertz CT molecular complexity index is 510. The third kappa shape index (κ3) is 5.30. The molecule has 2 N–H and O–H groups in total. The van der Waals surface area contributed by atoms with Crippen molar-refractivity contribution < 1.29 is 9.69 Å². The molecule has 1 fully saturated rings. The van der Waals surface area contributed by atoms with Crippen LogP contribution in [0.3, 0.4) is 0 Å². The van der Waals surface area contributed by atoms with E-state index in [1.54, 1.807) is 11.0 Å². The van der Waals surface area contributed by atoms with Gasteiger partial charge in [-0.25, -0.2) is 0 Å². The highest BCUT2D eigenvalue weighted by Crippen LogP contribution is 2.08. The molecule has 1 heterocycles. The molecule has 0 spiro atoms. The zero-order valence-electron chi connectivity index (χ0n) is 13.9. The second kappa shape index (κ2) is 8.74. The number of carbonyl (C=O) groups excluding carboxylic acids is 1. The van der Waals surface area contributed by atoms with Crippen molar-refractivity contribution in [3.8, 4) is 0 Å². The van der Waals surface area contributed by atoms with Crippen LogP contribution in [0.4, 0.5) is 0 Å². The molecule has 0 bridgehead atoms. The summed E-state index contributed by atoms with van der Waals surface area (Å²) >= 11 is 0. The number of quaternary nitrogens is 1. The van der Waals surface area contributed by atoms with Crippen molar-refractivity contribution in [2.45, 2.75) is 45.6 Å². The van der Waals surface area contributed by atoms with Gasteiger partial charge in [0, 0.05) is 19.0 Å². The first-order valence-electron chi connectivity index (χ1n) is 8.53. The van der Waals surface area contributed by atoms with Gasteiger partial charge in [-0.15, -0.1) is 0 Å². The van der Waals surface area contributed by atoms with Crippen LogP contribution >= 0.6 is 0 Å². The first-order valence-corrected chi connectivity index (χ1v) is 8.53. The van der Waals surface area contributed by atoms with E-state index in [1.165, 1.54) is 37.9 Å². The SMILES string of the molecule is Cc1ccccc1/C=C/C(=O)NCCC[NH+]1CCCC[C@H]1C. The first kappa shape index (κ1) is 16.8. The van der Waals surface area contributed by atoms with Crippen molar-refractivity contribution >= 4 is 12.0 Å². The molecule has 0 saturated carbocycles. The molecule has 3 nitrogen and oxygen atoms in total. The maximum Gasteiger partial charge on any atom is 0.244 e. The Balaban J connectivity index is 1.66. The molecule has 0 aliphatic carbocycles. The van der Waals surface area contributed by atoms with Gasteiger partial charge in [-0.05, 0) is 50.3 Å². The molecular formula is C19H29N2O+. The Morgan fingerprint density at radius 2 is 2.18 bits per heavy atom. The molecule has 1 aromatic rings. The van der Waals surface area contributed by atoms with Crippen LogP contribution in [0.2, 0.25) is 0 Å². The fourth-order valence-corrected chi connectivity index (χ4v) is 3.15. The zero-order chi connectivity index (χ0) is 15.8. The second-order valence-electron chi connectivity index (χ2n) is 6.39. The molecule has 1 amide bonds. The highest BCUT2D eigenvalue weighted by atomic mass is 16.1. The van der Waals surface area contributed by atoms with Crippen molar-refractivity contribution in [1.82, 2.24) is 5.32 Å². The van der Waals surface area contributed by atoms with Crippen LogP contribution in [0.25, 0.3) is 6.08 Å². The molecule has 120 valence electrons. The molecule has 2 atom stereocenters. The number of piperidine rings is 1. The van der Waals surface area contributed by atoms with Gasteiger partial charge in [0.1, 0.15) is 0 Å². The molecule has 3 heteroatoms. The summed E-state index contributed by atoms with van der Waals surface area (Å²) < 4.78 is 0. The van der Waals surface area contributed by atoms with Gasteiger partial charge < -0.3 is 10.2 Å². The highest BCUT2D eigenvalue weighted by molar-refractivity contribution is 5.91. The van der Waals surface area contributed by atoms with Gasteiger partial charge in [0.25, 0.3) is 0 Å². The lowest BCUT2D eigenvalue weighted by atomic mass is 10.0. The summed E-state index contributed by atoms with van der Waals surface area (Å²) in [5.41, 5.74) is 2.29. The van der Waals surface area contributed by atoms with Gasteiger partial charge in [0.05, 0.1) is 19.1 Å². The van der Waals surface area contributed by atoms with Gasteiger partial charge in [0.15, 0.2) is 0 Å². The van der Waals surface area contributed by atoms with E-state index in [0.717, 1.165) is 24.6 Å². The topological polar surface area (TPSA) is 33.5 Å². The maximum atomic E-state index is 11.8. The van der Waals surface area contributed by atoms with Gasteiger partial charge >= 0.3 is 0 Å². The van der Waals surface area contributed by atoms with Crippen molar-refractivity contribution in [2.24, 2.45) is 0 Å².